The van der Waals surface area contributed by atoms with Crippen molar-refractivity contribution in [1.29, 1.82) is 0 Å². The maximum atomic E-state index is 14.4. The molecule has 0 bridgehead atoms. The second-order valence-electron chi connectivity index (χ2n) is 25.7. The Morgan fingerprint density at radius 3 is 1.43 bits per heavy atom. The zero-order chi connectivity index (χ0) is 74.3. The van der Waals surface area contributed by atoms with E-state index in [-0.39, 0.29) is 63.5 Å². The molecule has 2 aliphatic rings. The lowest BCUT2D eigenvalue weighted by atomic mass is 9.96. The summed E-state index contributed by atoms with van der Waals surface area (Å²) in [6.07, 6.45) is -1.73. The fraction of sp³-hybridized carbons (Fsp3) is 0.726. The van der Waals surface area contributed by atoms with Gasteiger partial charge in [-0.2, -0.15) is 0 Å². The number of unbranched alkanes of at least 4 members (excludes halogenated alkanes) is 1. The topological polar surface area (TPSA) is 568 Å². The Morgan fingerprint density at radius 1 is 0.480 bits per heavy atom. The molecule has 2 rings (SSSR count). The predicted molar refractivity (Wildman–Crippen MR) is 350 cm³/mol. The molecule has 0 aromatic rings. The number of fused-ring (bicyclic) bond motifs is 1. The summed E-state index contributed by atoms with van der Waals surface area (Å²) >= 11 is 0. The number of rotatable bonds is 21. The number of aliphatic hydroxyl groups excluding tert-OH is 1. The molecule has 36 heteroatoms. The van der Waals surface area contributed by atoms with Crippen molar-refractivity contribution in [2.24, 2.45) is 40.9 Å². The molecule has 0 radical (unpaired) electrons. The van der Waals surface area contributed by atoms with Gasteiger partial charge < -0.3 is 101 Å². The number of primary amides is 2. The van der Waals surface area contributed by atoms with E-state index < -0.39 is 237 Å². The quantitative estimate of drug-likeness (QED) is 0.0476. The van der Waals surface area contributed by atoms with Crippen molar-refractivity contribution in [1.82, 2.24) is 74.0 Å². The molecule has 2 fully saturated rings. The molecule has 36 nitrogen and oxygen atoms in total. The molecule has 0 saturated carbocycles. The maximum absolute atomic E-state index is 14.4. The highest BCUT2D eigenvalue weighted by Gasteiger charge is 2.41. The summed E-state index contributed by atoms with van der Waals surface area (Å²) in [5.74, 6) is -19.0. The standard InChI is InChI=1S/C62H105N17O19/c1-11-32(7)49-61(97)76-42(29-80)58(94)74-39(24-30(3)4)55(91)69-35(10)62(98)79-23-15-17-43(79)59(95)72-36(16-13-14-22-63)53(89)73-40(25-31(5)6)56(92)71-38(18-20-44(64)81)54(90)78-50(33(8)12-2)60(96)75-41(26-45(65)82)57(93)70-37(19-21-48(85)86)52(88)67-27-46(83)66-28-47(84)68-34(9)51(87)77-49/h30-43,49-50,80H,11-29,63H2,1-10H3,(H2,64,81)(H2,65,82)(H,66,83)(H,67,88)(H,68,84)(H,69,91)(H,70,93)(H,71,92)(H,72,95)(H,73,89)(H,74,94)(H,75,96)(H,76,97)(H,77,87)(H,78,90)(H,85,86)/t32-,33-,34-,35-,36-,37+,38-,39-,40-,41-,42-,43-,49-,50-/m0/s1. The largest absolute Gasteiger partial charge is 0.481 e. The van der Waals surface area contributed by atoms with Crippen LogP contribution >= 0.6 is 0 Å². The molecule has 2 heterocycles. The molecule has 14 atom stereocenters. The third-order valence-corrected chi connectivity index (χ3v) is 16.5. The van der Waals surface area contributed by atoms with Gasteiger partial charge >= 0.3 is 5.97 Å². The molecule has 0 unspecified atom stereocenters. The first-order valence-corrected chi connectivity index (χ1v) is 33.3. The summed E-state index contributed by atoms with van der Waals surface area (Å²) in [5, 5.41) is 51.7. The Labute approximate surface area is 569 Å². The normalized spacial score (nSPS) is 26.8. The second-order valence-corrected chi connectivity index (χ2v) is 25.7. The number of aliphatic carboxylic acids is 1. The van der Waals surface area contributed by atoms with Crippen LogP contribution in [0.2, 0.25) is 0 Å². The molecule has 2 aliphatic heterocycles. The Kier molecular flexibility index (Phi) is 36.9. The fourth-order valence-electron chi connectivity index (χ4n) is 10.5. The number of carboxylic acids is 1. The van der Waals surface area contributed by atoms with Gasteiger partial charge in [-0.25, -0.2) is 0 Å². The highest BCUT2D eigenvalue weighted by atomic mass is 16.4. The van der Waals surface area contributed by atoms with Crippen molar-refractivity contribution in [2.75, 3.05) is 32.8 Å². The maximum Gasteiger partial charge on any atom is 0.303 e. The number of carbonyl (C=O) groups is 17. The highest BCUT2D eigenvalue weighted by Crippen LogP contribution is 2.21. The third kappa shape index (κ3) is 29.3. The summed E-state index contributed by atoms with van der Waals surface area (Å²) in [6.45, 7) is 13.6. The minimum absolute atomic E-state index is 0.00821. The van der Waals surface area contributed by atoms with Crippen molar-refractivity contribution in [3.8, 4) is 0 Å². The van der Waals surface area contributed by atoms with Crippen molar-refractivity contribution < 1.29 is 91.7 Å². The molecule has 0 aromatic heterocycles. The van der Waals surface area contributed by atoms with Crippen LogP contribution in [0.3, 0.4) is 0 Å². The number of nitrogens with one attached hydrogen (secondary N) is 13. The molecule has 552 valence electrons. The van der Waals surface area contributed by atoms with Gasteiger partial charge in [0, 0.05) is 19.4 Å². The van der Waals surface area contributed by atoms with Gasteiger partial charge in [-0.15, -0.1) is 0 Å². The van der Waals surface area contributed by atoms with Crippen molar-refractivity contribution in [3.63, 3.8) is 0 Å². The fourth-order valence-corrected chi connectivity index (χ4v) is 10.5. The van der Waals surface area contributed by atoms with Gasteiger partial charge in [0.15, 0.2) is 0 Å². The summed E-state index contributed by atoms with van der Waals surface area (Å²) in [6, 6.07) is -18.0. The first kappa shape index (κ1) is 85.0. The van der Waals surface area contributed by atoms with Gasteiger partial charge in [-0.3, -0.25) is 81.5 Å². The van der Waals surface area contributed by atoms with Crippen LogP contribution in [0.1, 0.15) is 159 Å². The van der Waals surface area contributed by atoms with Crippen molar-refractivity contribution >= 4 is 100 Å². The van der Waals surface area contributed by atoms with Crippen molar-refractivity contribution in [2.45, 2.75) is 232 Å². The SMILES string of the molecule is CC[C@H](C)[C@@H]1NC(=O)[C@H](C)NC(=O)CNC(=O)CNC(=O)[C@@H](CCC(=O)O)NC(=O)[C@H](CC(N)=O)NC(=O)[C@H]([C@@H](C)CC)NC(=O)[C@H](CCC(N)=O)NC(=O)[C@H](CC(C)C)NC(=O)[C@H](CCCCN)NC(=O)[C@@H]2CCCN2C(=O)[C@H](C)NC(=O)[C@H](CC(C)C)NC(=O)[C@H](CO)NC1=O. The van der Waals surface area contributed by atoms with E-state index in [2.05, 4.69) is 69.1 Å². The second kappa shape index (κ2) is 42.6. The number of hydrogen-bond acceptors (Lipinski definition) is 19. The van der Waals surface area contributed by atoms with Gasteiger partial charge in [0.2, 0.25) is 94.5 Å². The number of carboxylic acid groups (broad SMARTS) is 1. The number of nitrogens with two attached hydrogens (primary N) is 3. The van der Waals surface area contributed by atoms with Crippen LogP contribution in [-0.4, -0.2) is 221 Å². The summed E-state index contributed by atoms with van der Waals surface area (Å²) in [5.41, 5.74) is 16.8. The van der Waals surface area contributed by atoms with E-state index in [1.165, 1.54) is 25.7 Å². The van der Waals surface area contributed by atoms with Crippen LogP contribution in [0.25, 0.3) is 0 Å². The Balaban J connectivity index is 2.77. The number of nitrogens with zero attached hydrogens (tertiary/aromatic N) is 1. The average Bonchev–Trinajstić information content (AvgIpc) is 1.55. The van der Waals surface area contributed by atoms with Gasteiger partial charge in [0.05, 0.1) is 26.1 Å². The van der Waals surface area contributed by atoms with Gasteiger partial charge in [0.1, 0.15) is 72.5 Å². The highest BCUT2D eigenvalue weighted by molar-refractivity contribution is 6.01. The first-order valence-electron chi connectivity index (χ1n) is 33.3. The van der Waals surface area contributed by atoms with Gasteiger partial charge in [0.25, 0.3) is 0 Å². The average molecular weight is 1390 g/mol. The third-order valence-electron chi connectivity index (χ3n) is 16.5. The number of hydrogen-bond donors (Lipinski definition) is 18. The number of amides is 16. The van der Waals surface area contributed by atoms with E-state index in [0.29, 0.717) is 19.3 Å². The summed E-state index contributed by atoms with van der Waals surface area (Å²) in [4.78, 5) is 232. The van der Waals surface area contributed by atoms with Crippen LogP contribution in [-0.2, 0) is 81.5 Å². The summed E-state index contributed by atoms with van der Waals surface area (Å²) < 4.78 is 0. The molecule has 98 heavy (non-hydrogen) atoms. The van der Waals surface area contributed by atoms with E-state index in [0.717, 1.165) is 0 Å². The Morgan fingerprint density at radius 2 is 0.918 bits per heavy atom. The number of aliphatic hydroxyl groups is 1. The lowest BCUT2D eigenvalue weighted by molar-refractivity contribution is -0.142. The summed E-state index contributed by atoms with van der Waals surface area (Å²) in [7, 11) is 0. The molecule has 21 N–H and O–H groups in total. The van der Waals surface area contributed by atoms with Gasteiger partial charge in [-0.1, -0.05) is 68.2 Å². The van der Waals surface area contributed by atoms with Crippen LogP contribution in [0.4, 0.5) is 0 Å². The molecule has 0 spiro atoms. The van der Waals surface area contributed by atoms with Crippen LogP contribution in [0.5, 0.6) is 0 Å². The van der Waals surface area contributed by atoms with Crippen molar-refractivity contribution in [3.05, 3.63) is 0 Å². The Bertz CT molecular complexity index is 2840. The monoisotopic (exact) mass is 1390 g/mol. The van der Waals surface area contributed by atoms with Crippen LogP contribution in [0.15, 0.2) is 0 Å². The van der Waals surface area contributed by atoms with E-state index >= 15 is 0 Å². The lowest BCUT2D eigenvalue weighted by Crippen LogP contribution is -2.61. The van der Waals surface area contributed by atoms with Crippen LogP contribution < -0.4 is 86.3 Å². The number of carbonyl (C=O) groups excluding carboxylic acids is 16. The molecular weight excluding hydrogens is 1290 g/mol. The van der Waals surface area contributed by atoms with E-state index in [1.54, 1.807) is 48.5 Å². The van der Waals surface area contributed by atoms with E-state index in [1.807, 2.05) is 0 Å². The molecule has 16 amide bonds. The zero-order valence-corrected chi connectivity index (χ0v) is 57.7. The minimum atomic E-state index is -1.91. The Hall–Kier alpha value is -9.09. The first-order chi connectivity index (χ1) is 46.0. The molecule has 0 aliphatic carbocycles. The van der Waals surface area contributed by atoms with Crippen LogP contribution in [0, 0.1) is 23.7 Å². The zero-order valence-electron chi connectivity index (χ0n) is 57.7. The predicted octanol–water partition coefficient (Wildman–Crippen LogP) is -6.09. The minimum Gasteiger partial charge on any atom is -0.481 e. The molecule has 0 aromatic carbocycles. The lowest BCUT2D eigenvalue weighted by Gasteiger charge is -2.31. The molecule has 2 saturated heterocycles. The van der Waals surface area contributed by atoms with Gasteiger partial charge in [-0.05, 0) is 102 Å². The molecular formula is C62H105N17O19. The van der Waals surface area contributed by atoms with E-state index in [4.69, 9.17) is 17.2 Å². The van der Waals surface area contributed by atoms with E-state index in [9.17, 15) is 91.7 Å². The smallest absolute Gasteiger partial charge is 0.303 e.